The van der Waals surface area contributed by atoms with E-state index in [2.05, 4.69) is 17.3 Å². The second-order valence-corrected chi connectivity index (χ2v) is 6.82. The highest BCUT2D eigenvalue weighted by molar-refractivity contribution is 5.84. The summed E-state index contributed by atoms with van der Waals surface area (Å²) >= 11 is 0. The highest BCUT2D eigenvalue weighted by Crippen LogP contribution is 2.42. The molecule has 0 bridgehead atoms. The highest BCUT2D eigenvalue weighted by atomic mass is 16.4. The van der Waals surface area contributed by atoms with Crippen LogP contribution in [0, 0.1) is 11.8 Å². The van der Waals surface area contributed by atoms with E-state index in [0.717, 1.165) is 45.2 Å². The smallest absolute Gasteiger partial charge is 0.326 e. The quantitative estimate of drug-likeness (QED) is 0.796. The van der Waals surface area contributed by atoms with E-state index in [1.807, 2.05) is 0 Å². The van der Waals surface area contributed by atoms with E-state index in [1.165, 1.54) is 0 Å². The van der Waals surface area contributed by atoms with Crippen molar-refractivity contribution in [3.05, 3.63) is 0 Å². The van der Waals surface area contributed by atoms with Crippen LogP contribution in [-0.2, 0) is 4.79 Å². The number of nitrogens with zero attached hydrogens (tertiary/aromatic N) is 2. The lowest BCUT2D eigenvalue weighted by Gasteiger charge is -2.32. The normalized spacial score (nSPS) is 34.0. The molecule has 2 aliphatic heterocycles. The Bertz CT molecular complexity index is 420. The van der Waals surface area contributed by atoms with Gasteiger partial charge in [0.2, 0.25) is 0 Å². The Morgan fingerprint density at radius 1 is 1.14 bits per heavy atom. The third kappa shape index (κ3) is 2.86. The van der Waals surface area contributed by atoms with E-state index in [9.17, 15) is 14.7 Å². The molecule has 0 aromatic carbocycles. The van der Waals surface area contributed by atoms with Crippen LogP contribution in [-0.4, -0.2) is 65.7 Å². The minimum absolute atomic E-state index is 0.158. The van der Waals surface area contributed by atoms with Gasteiger partial charge in [-0.2, -0.15) is 0 Å². The second-order valence-electron chi connectivity index (χ2n) is 6.82. The lowest BCUT2D eigenvalue weighted by molar-refractivity contribution is -0.142. The summed E-state index contributed by atoms with van der Waals surface area (Å²) in [6, 6.07) is -0.612. The van der Waals surface area contributed by atoms with Crippen molar-refractivity contribution in [1.82, 2.24) is 15.1 Å². The second kappa shape index (κ2) is 5.83. The molecule has 3 unspecified atom stereocenters. The topological polar surface area (TPSA) is 72.9 Å². The fourth-order valence-electron chi connectivity index (χ4n) is 4.24. The molecule has 2 heterocycles. The number of hydrogen-bond acceptors (Lipinski definition) is 3. The maximum absolute atomic E-state index is 12.5. The predicted molar refractivity (Wildman–Crippen MR) is 78.0 cm³/mol. The van der Waals surface area contributed by atoms with Crippen LogP contribution in [0.3, 0.4) is 0 Å². The third-order valence-corrected chi connectivity index (χ3v) is 5.45. The van der Waals surface area contributed by atoms with Crippen LogP contribution in [0.4, 0.5) is 4.79 Å². The molecule has 0 spiro atoms. The fourth-order valence-corrected chi connectivity index (χ4v) is 4.24. The molecule has 21 heavy (non-hydrogen) atoms. The molecule has 3 fully saturated rings. The SMILES string of the molecule is CN1CCC(NC(=O)N2CC3CCCC3C2C(=O)O)CC1. The van der Waals surface area contributed by atoms with Gasteiger partial charge in [0.1, 0.15) is 6.04 Å². The van der Waals surface area contributed by atoms with Crippen molar-refractivity contribution in [2.24, 2.45) is 11.8 Å². The monoisotopic (exact) mass is 295 g/mol. The zero-order chi connectivity index (χ0) is 15.0. The number of fused-ring (bicyclic) bond motifs is 1. The van der Waals surface area contributed by atoms with Crippen molar-refractivity contribution < 1.29 is 14.7 Å². The van der Waals surface area contributed by atoms with Crippen molar-refractivity contribution in [2.75, 3.05) is 26.7 Å². The lowest BCUT2D eigenvalue weighted by atomic mass is 9.94. The molecular weight excluding hydrogens is 270 g/mol. The summed E-state index contributed by atoms with van der Waals surface area (Å²) in [5.41, 5.74) is 0. The van der Waals surface area contributed by atoms with Crippen LogP contribution in [0.5, 0.6) is 0 Å². The van der Waals surface area contributed by atoms with Crippen LogP contribution >= 0.6 is 0 Å². The van der Waals surface area contributed by atoms with Crippen LogP contribution in [0.25, 0.3) is 0 Å². The maximum Gasteiger partial charge on any atom is 0.326 e. The summed E-state index contributed by atoms with van der Waals surface area (Å²) in [5.74, 6) is -0.303. The zero-order valence-corrected chi connectivity index (χ0v) is 12.6. The first-order chi connectivity index (χ1) is 10.1. The van der Waals surface area contributed by atoms with E-state index < -0.39 is 12.0 Å². The number of hydrogen-bond donors (Lipinski definition) is 2. The van der Waals surface area contributed by atoms with Gasteiger partial charge in [-0.05, 0) is 57.7 Å². The number of carbonyl (C=O) groups is 2. The summed E-state index contributed by atoms with van der Waals surface area (Å²) in [7, 11) is 2.08. The van der Waals surface area contributed by atoms with Gasteiger partial charge < -0.3 is 20.2 Å². The van der Waals surface area contributed by atoms with Crippen molar-refractivity contribution >= 4 is 12.0 Å². The molecule has 3 atom stereocenters. The summed E-state index contributed by atoms with van der Waals surface area (Å²) in [5, 5.41) is 12.5. The molecule has 1 aliphatic carbocycles. The van der Waals surface area contributed by atoms with Gasteiger partial charge in [-0.1, -0.05) is 6.42 Å². The largest absolute Gasteiger partial charge is 0.480 e. The Morgan fingerprint density at radius 2 is 1.86 bits per heavy atom. The van der Waals surface area contributed by atoms with Crippen molar-refractivity contribution in [1.29, 1.82) is 0 Å². The molecule has 2 amide bonds. The number of urea groups is 1. The first-order valence-electron chi connectivity index (χ1n) is 8.04. The van der Waals surface area contributed by atoms with E-state index >= 15 is 0 Å². The molecule has 0 radical (unpaired) electrons. The average Bonchev–Trinajstić information content (AvgIpc) is 3.00. The summed E-state index contributed by atoms with van der Waals surface area (Å²) in [6.45, 7) is 2.58. The van der Waals surface area contributed by atoms with Gasteiger partial charge in [0, 0.05) is 12.6 Å². The minimum Gasteiger partial charge on any atom is -0.480 e. The van der Waals surface area contributed by atoms with Gasteiger partial charge in [-0.3, -0.25) is 0 Å². The van der Waals surface area contributed by atoms with Crippen LogP contribution in [0.1, 0.15) is 32.1 Å². The molecule has 6 nitrogen and oxygen atoms in total. The molecule has 6 heteroatoms. The lowest BCUT2D eigenvalue weighted by Crippen LogP contribution is -2.52. The summed E-state index contributed by atoms with van der Waals surface area (Å²) in [4.78, 5) is 27.9. The number of aliphatic carboxylic acids is 1. The number of piperidine rings is 1. The summed E-state index contributed by atoms with van der Waals surface area (Å²) < 4.78 is 0. The number of rotatable bonds is 2. The molecule has 2 N–H and O–H groups in total. The Kier molecular flexibility index (Phi) is 4.06. The molecule has 3 aliphatic rings. The Balaban J connectivity index is 1.62. The zero-order valence-electron chi connectivity index (χ0n) is 12.6. The van der Waals surface area contributed by atoms with Crippen molar-refractivity contribution in [3.63, 3.8) is 0 Å². The number of carbonyl (C=O) groups excluding carboxylic acids is 1. The number of carboxylic acid groups (broad SMARTS) is 1. The van der Waals surface area contributed by atoms with Crippen LogP contribution < -0.4 is 5.32 Å². The molecule has 0 aromatic rings. The van der Waals surface area contributed by atoms with Gasteiger partial charge >= 0.3 is 12.0 Å². The van der Waals surface area contributed by atoms with Gasteiger partial charge in [-0.15, -0.1) is 0 Å². The number of likely N-dealkylation sites (tertiary alicyclic amines) is 2. The van der Waals surface area contributed by atoms with E-state index in [-0.39, 0.29) is 18.0 Å². The Hall–Kier alpha value is -1.30. The van der Waals surface area contributed by atoms with Crippen molar-refractivity contribution in [2.45, 2.75) is 44.2 Å². The van der Waals surface area contributed by atoms with E-state index in [0.29, 0.717) is 12.5 Å². The van der Waals surface area contributed by atoms with Crippen LogP contribution in [0.15, 0.2) is 0 Å². The first kappa shape index (κ1) is 14.6. The molecular formula is C15H25N3O3. The molecule has 118 valence electrons. The standard InChI is InChI=1S/C15H25N3O3/c1-17-7-5-11(6-8-17)16-15(21)18-9-10-3-2-4-12(10)13(18)14(19)20/h10-13H,2-9H2,1H3,(H,16,21)(H,19,20). The first-order valence-corrected chi connectivity index (χ1v) is 8.04. The minimum atomic E-state index is -0.845. The Morgan fingerprint density at radius 3 is 2.52 bits per heavy atom. The Labute approximate surface area is 125 Å². The molecule has 3 rings (SSSR count). The molecule has 2 saturated heterocycles. The van der Waals surface area contributed by atoms with E-state index in [4.69, 9.17) is 0 Å². The molecule has 0 aromatic heterocycles. The van der Waals surface area contributed by atoms with Crippen LogP contribution in [0.2, 0.25) is 0 Å². The molecule has 1 saturated carbocycles. The average molecular weight is 295 g/mol. The van der Waals surface area contributed by atoms with Crippen molar-refractivity contribution in [3.8, 4) is 0 Å². The number of carboxylic acids is 1. The third-order valence-electron chi connectivity index (χ3n) is 5.45. The summed E-state index contributed by atoms with van der Waals surface area (Å²) in [6.07, 6.45) is 5.00. The highest BCUT2D eigenvalue weighted by Gasteiger charge is 2.49. The van der Waals surface area contributed by atoms with Gasteiger partial charge in [0.25, 0.3) is 0 Å². The number of amides is 2. The van der Waals surface area contributed by atoms with Gasteiger partial charge in [0.15, 0.2) is 0 Å². The predicted octanol–water partition coefficient (Wildman–Crippen LogP) is 0.975. The number of nitrogens with one attached hydrogen (secondary N) is 1. The van der Waals surface area contributed by atoms with Gasteiger partial charge in [-0.25, -0.2) is 9.59 Å². The van der Waals surface area contributed by atoms with E-state index in [1.54, 1.807) is 4.90 Å². The van der Waals surface area contributed by atoms with Gasteiger partial charge in [0.05, 0.1) is 0 Å². The maximum atomic E-state index is 12.5. The fraction of sp³-hybridized carbons (Fsp3) is 0.867.